The van der Waals surface area contributed by atoms with Gasteiger partial charge in [0, 0.05) is 38.5 Å². The second-order valence-corrected chi connectivity index (χ2v) is 8.03. The van der Waals surface area contributed by atoms with Gasteiger partial charge in [0.05, 0.1) is 23.5 Å². The number of thiophene rings is 1. The van der Waals surface area contributed by atoms with Gasteiger partial charge < -0.3 is 19.5 Å². The second-order valence-electron chi connectivity index (χ2n) is 5.48. The zero-order valence-electron chi connectivity index (χ0n) is 14.9. The fourth-order valence-electron chi connectivity index (χ4n) is 2.33. The van der Waals surface area contributed by atoms with Crippen molar-refractivity contribution in [3.05, 3.63) is 32.9 Å². The summed E-state index contributed by atoms with van der Waals surface area (Å²) in [5, 5.41) is 11.5. The van der Waals surface area contributed by atoms with Gasteiger partial charge in [0.2, 0.25) is 0 Å². The number of guanidine groups is 1. The van der Waals surface area contributed by atoms with Crippen LogP contribution >= 0.6 is 27.3 Å². The molecule has 0 aliphatic carbocycles. The highest BCUT2D eigenvalue weighted by Gasteiger charge is 2.09. The van der Waals surface area contributed by atoms with Crippen molar-refractivity contribution in [2.75, 3.05) is 33.9 Å². The van der Waals surface area contributed by atoms with Crippen LogP contribution in [0.3, 0.4) is 0 Å². The zero-order valence-corrected chi connectivity index (χ0v) is 17.3. The van der Waals surface area contributed by atoms with Crippen molar-refractivity contribution in [1.29, 1.82) is 0 Å². The molecular formula is C16H25BrN6OS. The minimum Gasteiger partial charge on any atom is -0.383 e. The van der Waals surface area contributed by atoms with Crippen molar-refractivity contribution in [3.8, 4) is 0 Å². The Morgan fingerprint density at radius 3 is 3.00 bits per heavy atom. The molecule has 0 saturated carbocycles. The Balaban J connectivity index is 1.93. The molecule has 1 N–H and O–H groups in total. The van der Waals surface area contributed by atoms with Crippen molar-refractivity contribution < 1.29 is 4.74 Å². The van der Waals surface area contributed by atoms with Crippen LogP contribution in [-0.4, -0.2) is 59.5 Å². The number of aromatic nitrogens is 3. The predicted octanol–water partition coefficient (Wildman–Crippen LogP) is 2.39. The van der Waals surface area contributed by atoms with Gasteiger partial charge in [-0.15, -0.1) is 21.5 Å². The van der Waals surface area contributed by atoms with Crippen LogP contribution in [0.25, 0.3) is 0 Å². The largest absolute Gasteiger partial charge is 0.383 e. The predicted molar refractivity (Wildman–Crippen MR) is 105 cm³/mol. The first-order valence-electron chi connectivity index (χ1n) is 8.23. The maximum Gasteiger partial charge on any atom is 0.194 e. The molecule has 138 valence electrons. The highest BCUT2D eigenvalue weighted by molar-refractivity contribution is 9.11. The summed E-state index contributed by atoms with van der Waals surface area (Å²) in [4.78, 5) is 8.04. The molecule has 0 amide bonds. The number of nitrogens with zero attached hydrogens (tertiary/aromatic N) is 5. The molecule has 0 fully saturated rings. The van der Waals surface area contributed by atoms with Crippen LogP contribution in [0.15, 0.2) is 27.2 Å². The Bertz CT molecular complexity index is 671. The van der Waals surface area contributed by atoms with Gasteiger partial charge in [-0.1, -0.05) is 6.92 Å². The summed E-state index contributed by atoms with van der Waals surface area (Å²) >= 11 is 5.25. The Morgan fingerprint density at radius 1 is 1.48 bits per heavy atom. The Kier molecular flexibility index (Phi) is 8.36. The van der Waals surface area contributed by atoms with Crippen LogP contribution < -0.4 is 5.32 Å². The Hall–Kier alpha value is -1.45. The standard InChI is InChI=1S/C16H25BrN6OS/c1-4-15-21-20-12-23(15)9-7-18-16(19-8-10-24-3)22(2)11-13-5-6-14(17)25-13/h5-6,12H,4,7-11H2,1-3H3,(H,18,19). The molecule has 0 spiro atoms. The third kappa shape index (κ3) is 6.41. The summed E-state index contributed by atoms with van der Waals surface area (Å²) in [6.45, 7) is 5.69. The second kappa shape index (κ2) is 10.5. The lowest BCUT2D eigenvalue weighted by Crippen LogP contribution is -2.40. The highest BCUT2D eigenvalue weighted by Crippen LogP contribution is 2.22. The van der Waals surface area contributed by atoms with Crippen LogP contribution in [0.2, 0.25) is 0 Å². The van der Waals surface area contributed by atoms with E-state index in [-0.39, 0.29) is 0 Å². The number of nitrogens with one attached hydrogen (secondary N) is 1. The van der Waals surface area contributed by atoms with Crippen LogP contribution in [0.5, 0.6) is 0 Å². The zero-order chi connectivity index (χ0) is 18.1. The molecule has 25 heavy (non-hydrogen) atoms. The summed E-state index contributed by atoms with van der Waals surface area (Å²) in [5.41, 5.74) is 0. The van der Waals surface area contributed by atoms with Crippen LogP contribution in [0, 0.1) is 0 Å². The van der Waals surface area contributed by atoms with E-state index in [4.69, 9.17) is 4.74 Å². The minimum absolute atomic E-state index is 0.606. The van der Waals surface area contributed by atoms with Crippen LogP contribution in [0.1, 0.15) is 17.6 Å². The average Bonchev–Trinajstić information content (AvgIpc) is 3.22. The molecule has 0 aromatic carbocycles. The number of hydrogen-bond donors (Lipinski definition) is 1. The normalized spacial score (nSPS) is 11.8. The van der Waals surface area contributed by atoms with Gasteiger partial charge >= 0.3 is 0 Å². The number of halogens is 1. The third-order valence-electron chi connectivity index (χ3n) is 3.59. The van der Waals surface area contributed by atoms with E-state index >= 15 is 0 Å². The van der Waals surface area contributed by atoms with E-state index in [1.54, 1.807) is 24.8 Å². The van der Waals surface area contributed by atoms with Crippen molar-refractivity contribution in [2.24, 2.45) is 4.99 Å². The molecule has 0 unspecified atom stereocenters. The molecule has 0 aliphatic rings. The first kappa shape index (κ1) is 19.9. The number of hydrogen-bond acceptors (Lipinski definition) is 5. The first-order valence-corrected chi connectivity index (χ1v) is 9.84. The van der Waals surface area contributed by atoms with Crippen LogP contribution in [0.4, 0.5) is 0 Å². The maximum absolute atomic E-state index is 5.11. The molecule has 9 heteroatoms. The summed E-state index contributed by atoms with van der Waals surface area (Å²) in [6.07, 6.45) is 2.65. The first-order chi connectivity index (χ1) is 12.1. The Labute approximate surface area is 161 Å². The summed E-state index contributed by atoms with van der Waals surface area (Å²) in [5.74, 6) is 1.86. The topological polar surface area (TPSA) is 67.6 Å². The average molecular weight is 429 g/mol. The maximum atomic E-state index is 5.11. The van der Waals surface area contributed by atoms with E-state index in [1.807, 2.05) is 7.05 Å². The summed E-state index contributed by atoms with van der Waals surface area (Å²) in [6, 6.07) is 4.20. The fraction of sp³-hybridized carbons (Fsp3) is 0.562. The quantitative estimate of drug-likeness (QED) is 0.377. The van der Waals surface area contributed by atoms with Gasteiger partial charge in [-0.2, -0.15) is 0 Å². The van der Waals surface area contributed by atoms with Crippen molar-refractivity contribution in [2.45, 2.75) is 26.4 Å². The van der Waals surface area contributed by atoms with Gasteiger partial charge in [-0.25, -0.2) is 0 Å². The number of aliphatic imine (C=N–C) groups is 1. The van der Waals surface area contributed by atoms with Crippen molar-refractivity contribution >= 4 is 33.2 Å². The summed E-state index contributed by atoms with van der Waals surface area (Å²) in [7, 11) is 3.73. The van der Waals surface area contributed by atoms with E-state index in [1.165, 1.54) is 4.88 Å². The van der Waals surface area contributed by atoms with E-state index in [2.05, 4.69) is 65.0 Å². The lowest BCUT2D eigenvalue weighted by molar-refractivity contribution is 0.207. The molecule has 2 aromatic heterocycles. The number of rotatable bonds is 9. The molecule has 0 atom stereocenters. The molecule has 2 heterocycles. The number of aryl methyl sites for hydroxylation is 1. The Morgan fingerprint density at radius 2 is 2.32 bits per heavy atom. The van der Waals surface area contributed by atoms with E-state index < -0.39 is 0 Å². The number of methoxy groups -OCH3 is 1. The molecule has 2 rings (SSSR count). The third-order valence-corrected chi connectivity index (χ3v) is 5.20. The van der Waals surface area contributed by atoms with Gasteiger partial charge in [0.1, 0.15) is 12.2 Å². The molecule has 0 radical (unpaired) electrons. The van der Waals surface area contributed by atoms with Gasteiger partial charge in [0.15, 0.2) is 5.96 Å². The molecule has 0 saturated heterocycles. The van der Waals surface area contributed by atoms with E-state index in [9.17, 15) is 0 Å². The molecule has 7 nitrogen and oxygen atoms in total. The summed E-state index contributed by atoms with van der Waals surface area (Å²) < 4.78 is 8.31. The molecule has 2 aromatic rings. The minimum atomic E-state index is 0.606. The molecule has 0 bridgehead atoms. The van der Waals surface area contributed by atoms with Gasteiger partial charge in [-0.05, 0) is 28.1 Å². The lowest BCUT2D eigenvalue weighted by atomic mass is 10.4. The number of ether oxygens (including phenoxy) is 1. The van der Waals surface area contributed by atoms with Crippen LogP contribution in [-0.2, 0) is 24.2 Å². The smallest absolute Gasteiger partial charge is 0.194 e. The molecule has 0 aliphatic heterocycles. The lowest BCUT2D eigenvalue weighted by Gasteiger charge is -2.22. The monoisotopic (exact) mass is 428 g/mol. The van der Waals surface area contributed by atoms with Gasteiger partial charge in [0.25, 0.3) is 0 Å². The van der Waals surface area contributed by atoms with E-state index in [0.717, 1.165) is 41.6 Å². The van der Waals surface area contributed by atoms with Gasteiger partial charge in [-0.3, -0.25) is 4.99 Å². The molecular weight excluding hydrogens is 404 g/mol. The van der Waals surface area contributed by atoms with E-state index in [0.29, 0.717) is 13.2 Å². The van der Waals surface area contributed by atoms with Crippen molar-refractivity contribution in [3.63, 3.8) is 0 Å². The fourth-order valence-corrected chi connectivity index (χ4v) is 3.86. The highest BCUT2D eigenvalue weighted by atomic mass is 79.9. The van der Waals surface area contributed by atoms with Crippen molar-refractivity contribution in [1.82, 2.24) is 25.0 Å². The SMILES string of the molecule is CCc1nncn1CCNC(=NCCOC)N(C)Cc1ccc(Br)s1.